The van der Waals surface area contributed by atoms with E-state index in [1.165, 1.54) is 4.90 Å². The summed E-state index contributed by atoms with van der Waals surface area (Å²) in [6.07, 6.45) is -3.06. The third kappa shape index (κ3) is 5.16. The van der Waals surface area contributed by atoms with Crippen LogP contribution in [-0.4, -0.2) is 85.1 Å². The van der Waals surface area contributed by atoms with Gasteiger partial charge in [0.1, 0.15) is 5.60 Å². The van der Waals surface area contributed by atoms with E-state index in [9.17, 15) is 19.5 Å². The number of amides is 2. The maximum atomic E-state index is 12.8. The molecular formula is C21H28N2O7. The lowest BCUT2D eigenvalue weighted by Crippen LogP contribution is -2.55. The Morgan fingerprint density at radius 1 is 1.10 bits per heavy atom. The fraction of sp³-hybridized carbons (Fsp3) is 0.571. The number of carbonyl (C=O) groups is 3. The molecule has 0 aromatic heterocycles. The van der Waals surface area contributed by atoms with Crippen LogP contribution in [0.5, 0.6) is 0 Å². The Morgan fingerprint density at radius 3 is 2.33 bits per heavy atom. The Balaban J connectivity index is 1.68. The summed E-state index contributed by atoms with van der Waals surface area (Å²) in [5.41, 5.74) is 0.285. The number of aliphatic hydroxyl groups is 1. The van der Waals surface area contributed by atoms with Crippen LogP contribution in [-0.2, 0) is 23.8 Å². The van der Waals surface area contributed by atoms with Gasteiger partial charge >= 0.3 is 5.97 Å². The van der Waals surface area contributed by atoms with Gasteiger partial charge in [0.25, 0.3) is 11.8 Å². The molecule has 9 heteroatoms. The molecule has 2 heterocycles. The third-order valence-electron chi connectivity index (χ3n) is 4.78. The van der Waals surface area contributed by atoms with Crippen molar-refractivity contribution >= 4 is 23.5 Å². The van der Waals surface area contributed by atoms with Gasteiger partial charge in [-0.1, -0.05) is 0 Å². The SMILES string of the molecule is CC(C)(C)OC(=O)[C@H](O)[C@H]1OCCN(c2ccc(C(=O)N3CCOCC3)cc2)C1=O. The van der Waals surface area contributed by atoms with Crippen LogP contribution in [0.1, 0.15) is 31.1 Å². The second-order valence-corrected chi connectivity index (χ2v) is 8.21. The molecule has 2 aliphatic heterocycles. The molecule has 1 aromatic carbocycles. The van der Waals surface area contributed by atoms with Crippen molar-refractivity contribution in [2.45, 2.75) is 38.6 Å². The number of benzene rings is 1. The number of anilines is 1. The predicted octanol–water partition coefficient (Wildman–Crippen LogP) is 0.593. The van der Waals surface area contributed by atoms with Gasteiger partial charge in [-0.25, -0.2) is 4.79 Å². The van der Waals surface area contributed by atoms with Gasteiger partial charge in [-0.2, -0.15) is 0 Å². The van der Waals surface area contributed by atoms with Gasteiger partial charge in [0.15, 0.2) is 12.2 Å². The second kappa shape index (κ2) is 9.11. The molecule has 2 saturated heterocycles. The Morgan fingerprint density at radius 2 is 1.73 bits per heavy atom. The first-order valence-corrected chi connectivity index (χ1v) is 9.98. The van der Waals surface area contributed by atoms with E-state index in [-0.39, 0.29) is 19.1 Å². The Bertz CT molecular complexity index is 782. The molecule has 2 atom stereocenters. The zero-order valence-electron chi connectivity index (χ0n) is 17.5. The molecule has 0 unspecified atom stereocenters. The Kier molecular flexibility index (Phi) is 6.74. The molecule has 164 valence electrons. The second-order valence-electron chi connectivity index (χ2n) is 8.21. The molecule has 30 heavy (non-hydrogen) atoms. The molecule has 0 radical (unpaired) electrons. The first-order valence-electron chi connectivity index (χ1n) is 9.98. The van der Waals surface area contributed by atoms with Crippen molar-refractivity contribution in [1.29, 1.82) is 0 Å². The summed E-state index contributed by atoms with van der Waals surface area (Å²) in [6, 6.07) is 6.67. The number of carbonyl (C=O) groups excluding carboxylic acids is 3. The average Bonchev–Trinajstić information content (AvgIpc) is 2.72. The summed E-state index contributed by atoms with van der Waals surface area (Å²) < 4.78 is 15.8. The molecule has 0 aliphatic carbocycles. The van der Waals surface area contributed by atoms with Gasteiger partial charge in [0.05, 0.1) is 19.8 Å². The summed E-state index contributed by atoms with van der Waals surface area (Å²) in [4.78, 5) is 40.7. The van der Waals surface area contributed by atoms with Crippen LogP contribution in [0, 0.1) is 0 Å². The topological polar surface area (TPSA) is 106 Å². The van der Waals surface area contributed by atoms with Crippen molar-refractivity contribution in [3.63, 3.8) is 0 Å². The van der Waals surface area contributed by atoms with Crippen LogP contribution in [0.3, 0.4) is 0 Å². The summed E-state index contributed by atoms with van der Waals surface area (Å²) >= 11 is 0. The normalized spacial score (nSPS) is 21.3. The highest BCUT2D eigenvalue weighted by molar-refractivity contribution is 6.01. The van der Waals surface area contributed by atoms with Gasteiger partial charge in [0.2, 0.25) is 0 Å². The minimum absolute atomic E-state index is 0.0867. The van der Waals surface area contributed by atoms with Crippen LogP contribution >= 0.6 is 0 Å². The van der Waals surface area contributed by atoms with Crippen molar-refractivity contribution in [2.24, 2.45) is 0 Å². The summed E-state index contributed by atoms with van der Waals surface area (Å²) in [5.74, 6) is -1.53. The van der Waals surface area contributed by atoms with E-state index in [4.69, 9.17) is 14.2 Å². The van der Waals surface area contributed by atoms with Gasteiger partial charge in [-0.3, -0.25) is 9.59 Å². The molecule has 2 aliphatic rings. The quantitative estimate of drug-likeness (QED) is 0.711. The first kappa shape index (κ1) is 22.2. The van der Waals surface area contributed by atoms with Crippen molar-refractivity contribution < 1.29 is 33.7 Å². The maximum Gasteiger partial charge on any atom is 0.338 e. The number of nitrogens with zero attached hydrogens (tertiary/aromatic N) is 2. The monoisotopic (exact) mass is 420 g/mol. The van der Waals surface area contributed by atoms with Crippen LogP contribution in [0.4, 0.5) is 5.69 Å². The zero-order valence-corrected chi connectivity index (χ0v) is 17.5. The van der Waals surface area contributed by atoms with Gasteiger partial charge in [-0.15, -0.1) is 0 Å². The molecule has 1 aromatic rings. The molecule has 0 bridgehead atoms. The highest BCUT2D eigenvalue weighted by atomic mass is 16.6. The van der Waals surface area contributed by atoms with Crippen LogP contribution in [0.15, 0.2) is 24.3 Å². The van der Waals surface area contributed by atoms with Crippen molar-refractivity contribution in [3.8, 4) is 0 Å². The average molecular weight is 420 g/mol. The predicted molar refractivity (Wildman–Crippen MR) is 107 cm³/mol. The molecule has 0 spiro atoms. The fourth-order valence-corrected chi connectivity index (χ4v) is 3.31. The molecule has 1 N–H and O–H groups in total. The van der Waals surface area contributed by atoms with Gasteiger partial charge < -0.3 is 29.1 Å². The number of hydrogen-bond acceptors (Lipinski definition) is 7. The van der Waals surface area contributed by atoms with Crippen LogP contribution < -0.4 is 4.90 Å². The van der Waals surface area contributed by atoms with E-state index < -0.39 is 29.7 Å². The molecule has 3 rings (SSSR count). The lowest BCUT2D eigenvalue weighted by atomic mass is 10.1. The fourth-order valence-electron chi connectivity index (χ4n) is 3.31. The van der Waals surface area contributed by atoms with E-state index in [0.717, 1.165) is 0 Å². The minimum Gasteiger partial charge on any atom is -0.458 e. The highest BCUT2D eigenvalue weighted by Gasteiger charge is 2.41. The Hall–Kier alpha value is -2.49. The number of rotatable bonds is 4. The lowest BCUT2D eigenvalue weighted by molar-refractivity contribution is -0.177. The largest absolute Gasteiger partial charge is 0.458 e. The van der Waals surface area contributed by atoms with Crippen molar-refractivity contribution in [1.82, 2.24) is 4.90 Å². The Labute approximate surface area is 175 Å². The number of hydrogen-bond donors (Lipinski definition) is 1. The third-order valence-corrected chi connectivity index (χ3v) is 4.78. The molecule has 2 amide bonds. The standard InChI is InChI=1S/C21H28N2O7/c1-21(2,3)30-20(27)16(24)17-19(26)23(10-13-29-17)15-6-4-14(5-7-15)18(25)22-8-11-28-12-9-22/h4-7,16-17,24H,8-13H2,1-3H3/t16-,17-/m1/s1. The zero-order chi connectivity index (χ0) is 21.9. The number of morpholine rings is 2. The van der Waals surface area contributed by atoms with E-state index in [0.29, 0.717) is 37.6 Å². The summed E-state index contributed by atoms with van der Waals surface area (Å²) in [6.45, 7) is 7.59. The molecule has 0 saturated carbocycles. The van der Waals surface area contributed by atoms with E-state index in [1.54, 1.807) is 49.9 Å². The van der Waals surface area contributed by atoms with E-state index in [2.05, 4.69) is 0 Å². The smallest absolute Gasteiger partial charge is 0.338 e. The number of aliphatic hydroxyl groups excluding tert-OH is 1. The molecule has 2 fully saturated rings. The van der Waals surface area contributed by atoms with E-state index >= 15 is 0 Å². The van der Waals surface area contributed by atoms with Crippen LogP contribution in [0.2, 0.25) is 0 Å². The minimum atomic E-state index is -1.72. The molecule has 9 nitrogen and oxygen atoms in total. The van der Waals surface area contributed by atoms with Crippen LogP contribution in [0.25, 0.3) is 0 Å². The lowest BCUT2D eigenvalue weighted by Gasteiger charge is -2.34. The highest BCUT2D eigenvalue weighted by Crippen LogP contribution is 2.22. The maximum absolute atomic E-state index is 12.8. The van der Waals surface area contributed by atoms with Gasteiger partial charge in [-0.05, 0) is 45.0 Å². The summed E-state index contributed by atoms with van der Waals surface area (Å²) in [7, 11) is 0. The van der Waals surface area contributed by atoms with E-state index in [1.807, 2.05) is 0 Å². The summed E-state index contributed by atoms with van der Waals surface area (Å²) in [5, 5.41) is 10.3. The number of ether oxygens (including phenoxy) is 3. The molecular weight excluding hydrogens is 392 g/mol. The van der Waals surface area contributed by atoms with Crippen molar-refractivity contribution in [2.75, 3.05) is 44.4 Å². The van der Waals surface area contributed by atoms with Crippen molar-refractivity contribution in [3.05, 3.63) is 29.8 Å². The number of esters is 1. The first-order chi connectivity index (χ1) is 14.2. The van der Waals surface area contributed by atoms with Gasteiger partial charge in [0, 0.05) is 30.9 Å².